The Hall–Kier alpha value is -1.63. The van der Waals surface area contributed by atoms with Gasteiger partial charge in [0.2, 0.25) is 0 Å². The highest BCUT2D eigenvalue weighted by molar-refractivity contribution is 6.42. The molecule has 7 heteroatoms. The molecule has 0 aromatic heterocycles. The van der Waals surface area contributed by atoms with Gasteiger partial charge < -0.3 is 5.11 Å². The Kier molecular flexibility index (Phi) is 7.43. The van der Waals surface area contributed by atoms with Gasteiger partial charge in [0.1, 0.15) is 0 Å². The Balaban J connectivity index is 2.01. The number of hydrogen-bond donors (Lipinski definition) is 1. The highest BCUT2D eigenvalue weighted by atomic mass is 35.5. The summed E-state index contributed by atoms with van der Waals surface area (Å²) in [5.74, 6) is -0.116. The van der Waals surface area contributed by atoms with Crippen LogP contribution in [0.4, 0.5) is 0 Å². The van der Waals surface area contributed by atoms with Crippen molar-refractivity contribution in [2.24, 2.45) is 0 Å². The van der Waals surface area contributed by atoms with E-state index < -0.39 is 5.60 Å². The van der Waals surface area contributed by atoms with E-state index in [1.54, 1.807) is 13.1 Å². The smallest absolute Gasteiger partial charge is 0.263 e. The fourth-order valence-electron chi connectivity index (χ4n) is 4.27. The minimum Gasteiger partial charge on any atom is -0.385 e. The van der Waals surface area contributed by atoms with E-state index in [0.717, 1.165) is 11.1 Å². The maximum atomic E-state index is 13.0. The second-order valence-corrected chi connectivity index (χ2v) is 8.54. The molecule has 162 valence electrons. The van der Waals surface area contributed by atoms with E-state index >= 15 is 0 Å². The average molecular weight is 451 g/mol. The Morgan fingerprint density at radius 3 is 2.57 bits per heavy atom. The van der Waals surface area contributed by atoms with Crippen LogP contribution in [-0.2, 0) is 15.2 Å². The predicted octanol–water partition coefficient (Wildman–Crippen LogP) is 4.82. The van der Waals surface area contributed by atoms with E-state index in [2.05, 4.69) is 4.90 Å². The number of hydrogen-bond acceptors (Lipinski definition) is 4. The highest BCUT2D eigenvalue weighted by Crippen LogP contribution is 2.44. The Morgan fingerprint density at radius 2 is 1.97 bits per heavy atom. The fraction of sp³-hybridized carbons (Fsp3) is 0.435. The van der Waals surface area contributed by atoms with Crippen LogP contribution in [0, 0.1) is 0 Å². The molecule has 0 spiro atoms. The molecule has 1 fully saturated rings. The number of hydroxylamine groups is 2. The van der Waals surface area contributed by atoms with Crippen molar-refractivity contribution in [3.05, 3.63) is 69.7 Å². The first-order valence-corrected chi connectivity index (χ1v) is 10.9. The molecule has 1 aliphatic rings. The minimum atomic E-state index is -0.997. The predicted molar refractivity (Wildman–Crippen MR) is 119 cm³/mol. The van der Waals surface area contributed by atoms with Crippen molar-refractivity contribution in [1.29, 1.82) is 0 Å². The lowest BCUT2D eigenvalue weighted by Gasteiger charge is -2.47. The number of carbonyl (C=O) groups is 1. The molecular formula is C23H28Cl2N2O3. The van der Waals surface area contributed by atoms with Gasteiger partial charge in [-0.2, -0.15) is 0 Å². The van der Waals surface area contributed by atoms with Gasteiger partial charge in [0.05, 0.1) is 28.8 Å². The van der Waals surface area contributed by atoms with E-state index in [4.69, 9.17) is 28.0 Å². The van der Waals surface area contributed by atoms with Crippen molar-refractivity contribution in [2.45, 2.75) is 43.9 Å². The number of likely N-dealkylation sites (N-methyl/N-ethyl adjacent to an activating group) is 1. The van der Waals surface area contributed by atoms with E-state index in [1.807, 2.05) is 49.4 Å². The first-order chi connectivity index (χ1) is 14.3. The lowest BCUT2D eigenvalue weighted by molar-refractivity contribution is -0.178. The second kappa shape index (κ2) is 9.67. The van der Waals surface area contributed by atoms with Crippen LogP contribution in [0.15, 0.2) is 48.5 Å². The molecule has 2 aromatic rings. The third kappa shape index (κ3) is 4.66. The van der Waals surface area contributed by atoms with Crippen LogP contribution >= 0.6 is 23.2 Å². The zero-order valence-electron chi connectivity index (χ0n) is 17.5. The molecule has 1 saturated heterocycles. The van der Waals surface area contributed by atoms with Gasteiger partial charge in [-0.05, 0) is 36.1 Å². The maximum Gasteiger partial charge on any atom is 0.263 e. The highest BCUT2D eigenvalue weighted by Gasteiger charge is 2.44. The molecule has 2 aromatic carbocycles. The van der Waals surface area contributed by atoms with E-state index in [9.17, 15) is 9.90 Å². The fourth-order valence-corrected chi connectivity index (χ4v) is 4.58. The molecule has 0 aliphatic carbocycles. The SMILES string of the molecule is CCC(C(=O)N(C)OC)N1CCC(O)(c2ccccc2)CC1c1ccc(Cl)c(Cl)c1. The van der Waals surface area contributed by atoms with Crippen molar-refractivity contribution in [3.8, 4) is 0 Å². The monoisotopic (exact) mass is 450 g/mol. The molecule has 3 rings (SSSR count). The molecule has 0 bridgehead atoms. The molecule has 3 unspecified atom stereocenters. The molecule has 1 amide bonds. The summed E-state index contributed by atoms with van der Waals surface area (Å²) in [6.07, 6.45) is 1.58. The number of piperidine rings is 1. The Labute approximate surface area is 188 Å². The van der Waals surface area contributed by atoms with Crippen molar-refractivity contribution >= 4 is 29.1 Å². The molecule has 0 saturated carbocycles. The van der Waals surface area contributed by atoms with Crippen molar-refractivity contribution in [1.82, 2.24) is 9.96 Å². The zero-order chi connectivity index (χ0) is 21.9. The van der Waals surface area contributed by atoms with Crippen molar-refractivity contribution in [3.63, 3.8) is 0 Å². The zero-order valence-corrected chi connectivity index (χ0v) is 19.0. The van der Waals surface area contributed by atoms with Crippen LogP contribution in [0.3, 0.4) is 0 Å². The third-order valence-electron chi connectivity index (χ3n) is 6.01. The number of rotatable bonds is 6. The number of aliphatic hydroxyl groups is 1. The molecule has 0 radical (unpaired) electrons. The first kappa shape index (κ1) is 23.0. The van der Waals surface area contributed by atoms with Gasteiger partial charge >= 0.3 is 0 Å². The molecule has 30 heavy (non-hydrogen) atoms. The molecule has 1 aliphatic heterocycles. The summed E-state index contributed by atoms with van der Waals surface area (Å²) in [7, 11) is 3.09. The summed E-state index contributed by atoms with van der Waals surface area (Å²) < 4.78 is 0. The molecular weight excluding hydrogens is 423 g/mol. The van der Waals surface area contributed by atoms with E-state index in [-0.39, 0.29) is 18.0 Å². The van der Waals surface area contributed by atoms with Gasteiger partial charge in [0, 0.05) is 26.1 Å². The summed E-state index contributed by atoms with van der Waals surface area (Å²) in [6.45, 7) is 2.54. The molecule has 1 heterocycles. The number of nitrogens with zero attached hydrogens (tertiary/aromatic N) is 2. The summed E-state index contributed by atoms with van der Waals surface area (Å²) in [6, 6.07) is 14.6. The van der Waals surface area contributed by atoms with Gasteiger partial charge in [-0.25, -0.2) is 5.06 Å². The van der Waals surface area contributed by atoms with Gasteiger partial charge in [-0.15, -0.1) is 0 Å². The van der Waals surface area contributed by atoms with Crippen LogP contribution in [0.25, 0.3) is 0 Å². The largest absolute Gasteiger partial charge is 0.385 e. The van der Waals surface area contributed by atoms with E-state index in [1.165, 1.54) is 12.2 Å². The summed E-state index contributed by atoms with van der Waals surface area (Å²) in [5.41, 5.74) is 0.802. The standard InChI is InChI=1S/C23H28Cl2N2O3/c1-4-20(22(28)26(2)30-3)27-13-12-23(29,17-8-6-5-7-9-17)15-21(27)16-10-11-18(24)19(25)14-16/h5-11,14,20-21,29H,4,12-13,15H2,1-3H3. The number of carbonyl (C=O) groups excluding carboxylic acids is 1. The summed E-state index contributed by atoms with van der Waals surface area (Å²) in [5, 5.41) is 13.8. The number of benzene rings is 2. The Bertz CT molecular complexity index is 880. The minimum absolute atomic E-state index is 0.116. The number of likely N-dealkylation sites (tertiary alicyclic amines) is 1. The lowest BCUT2D eigenvalue weighted by atomic mass is 9.78. The van der Waals surface area contributed by atoms with Crippen LogP contribution in [0.2, 0.25) is 10.0 Å². The van der Waals surface area contributed by atoms with Crippen molar-refractivity contribution < 1.29 is 14.7 Å². The van der Waals surface area contributed by atoms with Crippen LogP contribution in [0.1, 0.15) is 43.4 Å². The van der Waals surface area contributed by atoms with Crippen LogP contribution < -0.4 is 0 Å². The maximum absolute atomic E-state index is 13.0. The molecule has 5 nitrogen and oxygen atoms in total. The number of amides is 1. The van der Waals surface area contributed by atoms with Gasteiger partial charge in [0.15, 0.2) is 0 Å². The van der Waals surface area contributed by atoms with Gasteiger partial charge in [0.25, 0.3) is 5.91 Å². The van der Waals surface area contributed by atoms with Gasteiger partial charge in [-0.1, -0.05) is 66.5 Å². The quantitative estimate of drug-likeness (QED) is 0.641. The molecule has 3 atom stereocenters. The second-order valence-electron chi connectivity index (χ2n) is 7.72. The van der Waals surface area contributed by atoms with Crippen LogP contribution in [-0.4, -0.2) is 47.7 Å². The van der Waals surface area contributed by atoms with Gasteiger partial charge in [-0.3, -0.25) is 14.5 Å². The average Bonchev–Trinajstić information content (AvgIpc) is 2.77. The first-order valence-electron chi connectivity index (χ1n) is 10.1. The summed E-state index contributed by atoms with van der Waals surface area (Å²) in [4.78, 5) is 20.3. The third-order valence-corrected chi connectivity index (χ3v) is 6.75. The lowest BCUT2D eigenvalue weighted by Crippen LogP contribution is -2.53. The van der Waals surface area contributed by atoms with E-state index in [0.29, 0.717) is 35.9 Å². The van der Waals surface area contributed by atoms with Crippen LogP contribution in [0.5, 0.6) is 0 Å². The molecule has 1 N–H and O–H groups in total. The topological polar surface area (TPSA) is 53.0 Å². The van der Waals surface area contributed by atoms with Crippen molar-refractivity contribution in [2.75, 3.05) is 20.7 Å². The Morgan fingerprint density at radius 1 is 1.27 bits per heavy atom. The summed E-state index contributed by atoms with van der Waals surface area (Å²) >= 11 is 12.4. The normalized spacial score (nSPS) is 23.2. The number of halogens is 2.